The van der Waals surface area contributed by atoms with E-state index in [9.17, 15) is 9.59 Å². The van der Waals surface area contributed by atoms with Gasteiger partial charge in [0.15, 0.2) is 0 Å². The highest BCUT2D eigenvalue weighted by Gasteiger charge is 2.23. The molecule has 3 aromatic carbocycles. The number of carbonyl (C=O) groups is 2. The summed E-state index contributed by atoms with van der Waals surface area (Å²) in [5.41, 5.74) is 5.43. The molecular weight excluding hydrogens is 400 g/mol. The normalized spacial score (nSPS) is 15.0. The first-order chi connectivity index (χ1) is 15.6. The molecule has 0 radical (unpaired) electrons. The van der Waals surface area contributed by atoms with E-state index in [0.717, 1.165) is 42.5 Å². The number of rotatable bonds is 6. The molecular formula is C27H28N2O3. The van der Waals surface area contributed by atoms with Gasteiger partial charge in [0.1, 0.15) is 11.9 Å². The van der Waals surface area contributed by atoms with Gasteiger partial charge in [-0.25, -0.2) is 4.79 Å². The van der Waals surface area contributed by atoms with Crippen LogP contribution in [0.3, 0.4) is 0 Å². The molecule has 5 heteroatoms. The summed E-state index contributed by atoms with van der Waals surface area (Å²) < 4.78 is 5.64. The average Bonchev–Trinajstić information content (AvgIpc) is 2.84. The van der Waals surface area contributed by atoms with E-state index in [1.54, 1.807) is 12.1 Å². The number of nitrogens with one attached hydrogen (secondary N) is 2. The number of carbonyl (C=O) groups excluding carboxylic acids is 2. The van der Waals surface area contributed by atoms with Crippen molar-refractivity contribution < 1.29 is 14.3 Å². The van der Waals surface area contributed by atoms with Crippen LogP contribution in [0.4, 0.5) is 0 Å². The van der Waals surface area contributed by atoms with E-state index >= 15 is 0 Å². The predicted molar refractivity (Wildman–Crippen MR) is 125 cm³/mol. The van der Waals surface area contributed by atoms with Crippen molar-refractivity contribution in [2.75, 3.05) is 6.54 Å². The van der Waals surface area contributed by atoms with E-state index < -0.39 is 5.97 Å². The molecule has 0 aromatic heterocycles. The molecule has 5 nitrogen and oxygen atoms in total. The fraction of sp³-hybridized carbons (Fsp3) is 0.259. The van der Waals surface area contributed by atoms with Crippen molar-refractivity contribution >= 4 is 11.9 Å². The average molecular weight is 429 g/mol. The summed E-state index contributed by atoms with van der Waals surface area (Å²) in [5.74, 6) is -0.0507. The Hall–Kier alpha value is -3.44. The van der Waals surface area contributed by atoms with Crippen molar-refractivity contribution in [3.05, 3.63) is 100 Å². The fourth-order valence-electron chi connectivity index (χ4n) is 4.02. The summed E-state index contributed by atoms with van der Waals surface area (Å²) in [6.07, 6.45) is 2.21. The predicted octanol–water partition coefficient (Wildman–Crippen LogP) is 4.60. The number of hydrogen-bond donors (Lipinski definition) is 2. The SMILES string of the molecule is CCc1ccc(C(=O)Oc2ccc3c(c2)C(NC(=O)c2ccccc2CC)NCC3)cc1. The summed E-state index contributed by atoms with van der Waals surface area (Å²) in [6, 6.07) is 20.7. The molecule has 1 atom stereocenters. The van der Waals surface area contributed by atoms with E-state index in [1.807, 2.05) is 61.5 Å². The largest absolute Gasteiger partial charge is 0.423 e. The van der Waals surface area contributed by atoms with Gasteiger partial charge in [0, 0.05) is 12.1 Å². The molecule has 32 heavy (non-hydrogen) atoms. The molecule has 164 valence electrons. The van der Waals surface area contributed by atoms with Crippen molar-refractivity contribution in [2.24, 2.45) is 0 Å². The van der Waals surface area contributed by atoms with Crippen LogP contribution in [-0.4, -0.2) is 18.4 Å². The van der Waals surface area contributed by atoms with Gasteiger partial charge in [0.05, 0.1) is 5.56 Å². The van der Waals surface area contributed by atoms with Crippen molar-refractivity contribution in [3.8, 4) is 5.75 Å². The van der Waals surface area contributed by atoms with Crippen molar-refractivity contribution in [2.45, 2.75) is 39.3 Å². The Balaban J connectivity index is 1.52. The Morgan fingerprint density at radius 3 is 2.53 bits per heavy atom. The quantitative estimate of drug-likeness (QED) is 0.445. The molecule has 0 aliphatic carbocycles. The van der Waals surface area contributed by atoms with Gasteiger partial charge in [0.25, 0.3) is 5.91 Å². The smallest absolute Gasteiger partial charge is 0.343 e. The summed E-state index contributed by atoms with van der Waals surface area (Å²) >= 11 is 0. The monoisotopic (exact) mass is 428 g/mol. The molecule has 1 amide bonds. The van der Waals surface area contributed by atoms with Crippen LogP contribution in [0.2, 0.25) is 0 Å². The number of ether oxygens (including phenoxy) is 1. The molecule has 1 aliphatic heterocycles. The Labute approximate surface area is 188 Å². The van der Waals surface area contributed by atoms with E-state index in [0.29, 0.717) is 16.9 Å². The molecule has 3 aromatic rings. The minimum atomic E-state index is -0.395. The third-order valence-corrected chi connectivity index (χ3v) is 5.90. The minimum absolute atomic E-state index is 0.119. The second-order valence-corrected chi connectivity index (χ2v) is 7.92. The summed E-state index contributed by atoms with van der Waals surface area (Å²) in [6.45, 7) is 4.87. The first-order valence-electron chi connectivity index (χ1n) is 11.1. The van der Waals surface area contributed by atoms with E-state index in [4.69, 9.17) is 4.74 Å². The van der Waals surface area contributed by atoms with Gasteiger partial charge in [0.2, 0.25) is 0 Å². The van der Waals surface area contributed by atoms with Crippen LogP contribution >= 0.6 is 0 Å². The highest BCUT2D eigenvalue weighted by molar-refractivity contribution is 5.96. The van der Waals surface area contributed by atoms with E-state index in [2.05, 4.69) is 17.6 Å². The topological polar surface area (TPSA) is 67.4 Å². The maximum Gasteiger partial charge on any atom is 0.343 e. The third-order valence-electron chi connectivity index (χ3n) is 5.90. The molecule has 2 N–H and O–H groups in total. The van der Waals surface area contributed by atoms with Crippen LogP contribution in [0, 0.1) is 0 Å². The van der Waals surface area contributed by atoms with Gasteiger partial charge in [-0.05, 0) is 71.8 Å². The van der Waals surface area contributed by atoms with Crippen LogP contribution in [0.5, 0.6) is 5.75 Å². The van der Waals surface area contributed by atoms with Gasteiger partial charge in [-0.1, -0.05) is 50.2 Å². The molecule has 1 heterocycles. The van der Waals surface area contributed by atoms with Crippen LogP contribution in [0.25, 0.3) is 0 Å². The third kappa shape index (κ3) is 4.73. The maximum atomic E-state index is 13.0. The fourth-order valence-corrected chi connectivity index (χ4v) is 4.02. The molecule has 0 spiro atoms. The van der Waals surface area contributed by atoms with E-state index in [-0.39, 0.29) is 12.1 Å². The lowest BCUT2D eigenvalue weighted by Crippen LogP contribution is -2.42. The van der Waals surface area contributed by atoms with Gasteiger partial charge in [-0.2, -0.15) is 0 Å². The maximum absolute atomic E-state index is 13.0. The summed E-state index contributed by atoms with van der Waals surface area (Å²) in [7, 11) is 0. The molecule has 0 fully saturated rings. The lowest BCUT2D eigenvalue weighted by Gasteiger charge is -2.28. The number of benzene rings is 3. The van der Waals surface area contributed by atoms with Crippen LogP contribution in [0.1, 0.15) is 63.0 Å². The number of hydrogen-bond acceptors (Lipinski definition) is 4. The van der Waals surface area contributed by atoms with Crippen molar-refractivity contribution in [1.82, 2.24) is 10.6 Å². The van der Waals surface area contributed by atoms with Crippen molar-refractivity contribution in [1.29, 1.82) is 0 Å². The summed E-state index contributed by atoms with van der Waals surface area (Å²) in [5, 5.41) is 6.47. The highest BCUT2D eigenvalue weighted by atomic mass is 16.5. The summed E-state index contributed by atoms with van der Waals surface area (Å²) in [4.78, 5) is 25.6. The number of amides is 1. The molecule has 4 rings (SSSR count). The zero-order valence-electron chi connectivity index (χ0n) is 18.5. The van der Waals surface area contributed by atoms with E-state index in [1.165, 1.54) is 5.56 Å². The lowest BCUT2D eigenvalue weighted by molar-refractivity contribution is 0.0733. The standard InChI is InChI=1S/C27H28N2O3/c1-3-18-9-11-21(12-10-18)27(31)32-22-14-13-20-15-16-28-25(24(20)17-22)29-26(30)23-8-6-5-7-19(23)4-2/h5-14,17,25,28H,3-4,15-16H2,1-2H3,(H,29,30). The second-order valence-electron chi connectivity index (χ2n) is 7.92. The Morgan fingerprint density at radius 2 is 1.78 bits per heavy atom. The molecule has 0 saturated heterocycles. The Kier molecular flexibility index (Phi) is 6.66. The van der Waals surface area contributed by atoms with Gasteiger partial charge in [-0.15, -0.1) is 0 Å². The Morgan fingerprint density at radius 1 is 1.00 bits per heavy atom. The zero-order chi connectivity index (χ0) is 22.5. The minimum Gasteiger partial charge on any atom is -0.423 e. The number of esters is 1. The lowest BCUT2D eigenvalue weighted by atomic mass is 9.97. The van der Waals surface area contributed by atoms with Crippen LogP contribution < -0.4 is 15.4 Å². The van der Waals surface area contributed by atoms with Crippen LogP contribution in [0.15, 0.2) is 66.7 Å². The molecule has 1 unspecified atom stereocenters. The first kappa shape index (κ1) is 21.8. The first-order valence-corrected chi connectivity index (χ1v) is 11.1. The highest BCUT2D eigenvalue weighted by Crippen LogP contribution is 2.27. The zero-order valence-corrected chi connectivity index (χ0v) is 18.5. The van der Waals surface area contributed by atoms with Crippen LogP contribution in [-0.2, 0) is 19.3 Å². The second kappa shape index (κ2) is 9.79. The van der Waals surface area contributed by atoms with Gasteiger partial charge >= 0.3 is 5.97 Å². The Bertz CT molecular complexity index is 1120. The molecule has 0 saturated carbocycles. The molecule has 0 bridgehead atoms. The number of fused-ring (bicyclic) bond motifs is 1. The van der Waals surface area contributed by atoms with Gasteiger partial charge in [-0.3, -0.25) is 10.1 Å². The van der Waals surface area contributed by atoms with Gasteiger partial charge < -0.3 is 10.1 Å². The molecule has 1 aliphatic rings. The van der Waals surface area contributed by atoms with Crippen molar-refractivity contribution in [3.63, 3.8) is 0 Å². The number of aryl methyl sites for hydroxylation is 2.